The maximum absolute atomic E-state index is 10.9. The molecule has 0 fully saturated rings. The second kappa shape index (κ2) is 4.55. The highest BCUT2D eigenvalue weighted by Gasteiger charge is 2.07. The van der Waals surface area contributed by atoms with Crippen LogP contribution in [-0.4, -0.2) is 20.2 Å². The maximum atomic E-state index is 10.9. The molecule has 0 atom stereocenters. The van der Waals surface area contributed by atoms with Crippen LogP contribution in [0, 0.1) is 0 Å². The van der Waals surface area contributed by atoms with Crippen LogP contribution in [0.1, 0.15) is 6.92 Å². The van der Waals surface area contributed by atoms with Gasteiger partial charge >= 0.3 is 5.97 Å². The molecule has 0 aromatic carbocycles. The smallest absolute Gasteiger partial charge is 0.337 e. The van der Waals surface area contributed by atoms with Crippen LogP contribution in [0.3, 0.4) is 0 Å². The SMILES string of the molecule is C=C/C(OC)=C(\C)C(=O)OC. The molecule has 11 heavy (non-hydrogen) atoms. The molecule has 0 radical (unpaired) electrons. The summed E-state index contributed by atoms with van der Waals surface area (Å²) < 4.78 is 9.32. The highest BCUT2D eigenvalue weighted by Crippen LogP contribution is 2.06. The van der Waals surface area contributed by atoms with Crippen LogP contribution in [0.4, 0.5) is 0 Å². The van der Waals surface area contributed by atoms with E-state index in [1.54, 1.807) is 6.92 Å². The molecule has 0 aliphatic carbocycles. The van der Waals surface area contributed by atoms with Gasteiger partial charge in [-0.1, -0.05) is 6.58 Å². The zero-order valence-electron chi connectivity index (χ0n) is 7.01. The van der Waals surface area contributed by atoms with E-state index >= 15 is 0 Å². The molecule has 0 rings (SSSR count). The fraction of sp³-hybridized carbons (Fsp3) is 0.375. The molecule has 0 aromatic rings. The van der Waals surface area contributed by atoms with Gasteiger partial charge in [0.25, 0.3) is 0 Å². The van der Waals surface area contributed by atoms with E-state index in [-0.39, 0.29) is 0 Å². The molecule has 0 saturated carbocycles. The lowest BCUT2D eigenvalue weighted by Crippen LogP contribution is -2.04. The lowest BCUT2D eigenvalue weighted by Gasteiger charge is -2.03. The number of esters is 1. The van der Waals surface area contributed by atoms with E-state index in [1.165, 1.54) is 20.3 Å². The Morgan fingerprint density at radius 1 is 1.36 bits per heavy atom. The summed E-state index contributed by atoms with van der Waals surface area (Å²) >= 11 is 0. The summed E-state index contributed by atoms with van der Waals surface area (Å²) in [6, 6.07) is 0. The second-order valence-electron chi connectivity index (χ2n) is 1.89. The minimum atomic E-state index is -0.401. The van der Waals surface area contributed by atoms with E-state index in [9.17, 15) is 4.79 Å². The zero-order valence-corrected chi connectivity index (χ0v) is 7.01. The molecule has 0 heterocycles. The van der Waals surface area contributed by atoms with Crippen molar-refractivity contribution in [2.45, 2.75) is 6.92 Å². The summed E-state index contributed by atoms with van der Waals surface area (Å²) in [6.07, 6.45) is 1.46. The largest absolute Gasteiger partial charge is 0.496 e. The van der Waals surface area contributed by atoms with Crippen molar-refractivity contribution in [1.29, 1.82) is 0 Å². The predicted molar refractivity (Wildman–Crippen MR) is 41.9 cm³/mol. The monoisotopic (exact) mass is 156 g/mol. The van der Waals surface area contributed by atoms with Gasteiger partial charge in [0.15, 0.2) is 0 Å². The molecule has 0 aliphatic heterocycles. The predicted octanol–water partition coefficient (Wildman–Crippen LogP) is 1.27. The van der Waals surface area contributed by atoms with Crippen molar-refractivity contribution in [2.75, 3.05) is 14.2 Å². The van der Waals surface area contributed by atoms with Crippen molar-refractivity contribution < 1.29 is 14.3 Å². The summed E-state index contributed by atoms with van der Waals surface area (Å²) in [5.74, 6) is 0.0404. The van der Waals surface area contributed by atoms with Crippen molar-refractivity contribution in [3.8, 4) is 0 Å². The molecule has 0 aliphatic rings. The zero-order chi connectivity index (χ0) is 8.85. The Labute approximate surface area is 66.3 Å². The highest BCUT2D eigenvalue weighted by atomic mass is 16.5. The van der Waals surface area contributed by atoms with Crippen molar-refractivity contribution in [3.63, 3.8) is 0 Å². The fourth-order valence-corrected chi connectivity index (χ4v) is 0.643. The standard InChI is InChI=1S/C8H12O3/c1-5-7(10-3)6(2)8(9)11-4/h5H,1H2,2-4H3/b7-6-. The minimum absolute atomic E-state index is 0.401. The maximum Gasteiger partial charge on any atom is 0.337 e. The lowest BCUT2D eigenvalue weighted by atomic mass is 10.2. The van der Waals surface area contributed by atoms with Gasteiger partial charge in [0.2, 0.25) is 0 Å². The quantitative estimate of drug-likeness (QED) is 0.267. The van der Waals surface area contributed by atoms with E-state index in [2.05, 4.69) is 11.3 Å². The fourth-order valence-electron chi connectivity index (χ4n) is 0.643. The minimum Gasteiger partial charge on any atom is -0.496 e. The topological polar surface area (TPSA) is 35.5 Å². The van der Waals surface area contributed by atoms with Gasteiger partial charge in [0, 0.05) is 0 Å². The van der Waals surface area contributed by atoms with Crippen LogP contribution in [-0.2, 0) is 14.3 Å². The van der Waals surface area contributed by atoms with E-state index in [4.69, 9.17) is 4.74 Å². The highest BCUT2D eigenvalue weighted by molar-refractivity contribution is 5.88. The van der Waals surface area contributed by atoms with Crippen molar-refractivity contribution in [1.82, 2.24) is 0 Å². The molecule has 0 aromatic heterocycles. The third kappa shape index (κ3) is 2.45. The first-order valence-corrected chi connectivity index (χ1v) is 3.13. The van der Waals surface area contributed by atoms with Gasteiger partial charge in [-0.05, 0) is 13.0 Å². The summed E-state index contributed by atoms with van der Waals surface area (Å²) in [5.41, 5.74) is 0.421. The van der Waals surface area contributed by atoms with Gasteiger partial charge in [-0.3, -0.25) is 0 Å². The van der Waals surface area contributed by atoms with Gasteiger partial charge in [0.05, 0.1) is 19.8 Å². The molecule has 0 bridgehead atoms. The molecular formula is C8H12O3. The summed E-state index contributed by atoms with van der Waals surface area (Å²) in [7, 11) is 2.80. The van der Waals surface area contributed by atoms with Gasteiger partial charge < -0.3 is 9.47 Å². The number of allylic oxidation sites excluding steroid dienone is 1. The number of rotatable bonds is 3. The van der Waals surface area contributed by atoms with Crippen LogP contribution in [0.5, 0.6) is 0 Å². The van der Waals surface area contributed by atoms with E-state index in [1.807, 2.05) is 0 Å². The van der Waals surface area contributed by atoms with Crippen molar-refractivity contribution in [2.24, 2.45) is 0 Å². The average Bonchev–Trinajstić information content (AvgIpc) is 2.05. The van der Waals surface area contributed by atoms with Crippen LogP contribution in [0.2, 0.25) is 0 Å². The normalized spacial score (nSPS) is 11.5. The van der Waals surface area contributed by atoms with E-state index in [0.29, 0.717) is 11.3 Å². The van der Waals surface area contributed by atoms with Gasteiger partial charge in [-0.25, -0.2) is 4.79 Å². The van der Waals surface area contributed by atoms with Crippen LogP contribution in [0.15, 0.2) is 24.0 Å². The molecule has 0 spiro atoms. The first-order chi connectivity index (χ1) is 5.17. The van der Waals surface area contributed by atoms with Gasteiger partial charge in [-0.2, -0.15) is 0 Å². The molecule has 3 nitrogen and oxygen atoms in total. The molecule has 0 N–H and O–H groups in total. The third-order valence-corrected chi connectivity index (χ3v) is 1.27. The van der Waals surface area contributed by atoms with Gasteiger partial charge in [0.1, 0.15) is 5.76 Å². The molecule has 62 valence electrons. The first-order valence-electron chi connectivity index (χ1n) is 3.13. The number of carbonyl (C=O) groups excluding carboxylic acids is 1. The Balaban J connectivity index is 4.60. The van der Waals surface area contributed by atoms with Crippen LogP contribution < -0.4 is 0 Å². The van der Waals surface area contributed by atoms with E-state index in [0.717, 1.165) is 0 Å². The Morgan fingerprint density at radius 2 is 1.91 bits per heavy atom. The van der Waals surface area contributed by atoms with Crippen molar-refractivity contribution in [3.05, 3.63) is 24.0 Å². The number of carbonyl (C=O) groups is 1. The Kier molecular flexibility index (Phi) is 4.03. The Morgan fingerprint density at radius 3 is 2.18 bits per heavy atom. The van der Waals surface area contributed by atoms with Crippen molar-refractivity contribution >= 4 is 5.97 Å². The average molecular weight is 156 g/mol. The van der Waals surface area contributed by atoms with Crippen LogP contribution >= 0.6 is 0 Å². The number of ether oxygens (including phenoxy) is 2. The summed E-state index contributed by atoms with van der Waals surface area (Å²) in [4.78, 5) is 10.9. The number of hydrogen-bond acceptors (Lipinski definition) is 3. The molecule has 0 unspecified atom stereocenters. The third-order valence-electron chi connectivity index (χ3n) is 1.27. The number of methoxy groups -OCH3 is 2. The second-order valence-corrected chi connectivity index (χ2v) is 1.89. The number of hydrogen-bond donors (Lipinski definition) is 0. The van der Waals surface area contributed by atoms with E-state index < -0.39 is 5.97 Å². The first kappa shape index (κ1) is 9.75. The van der Waals surface area contributed by atoms with Crippen LogP contribution in [0.25, 0.3) is 0 Å². The molecule has 0 saturated heterocycles. The summed E-state index contributed by atoms with van der Waals surface area (Å²) in [6.45, 7) is 5.10. The Hall–Kier alpha value is -1.25. The Bertz CT molecular complexity index is 192. The summed E-state index contributed by atoms with van der Waals surface area (Å²) in [5, 5.41) is 0. The molecule has 3 heteroatoms. The molecular weight excluding hydrogens is 144 g/mol. The lowest BCUT2D eigenvalue weighted by molar-refractivity contribution is -0.136. The molecule has 0 amide bonds. The van der Waals surface area contributed by atoms with Gasteiger partial charge in [-0.15, -0.1) is 0 Å².